The zero-order chi connectivity index (χ0) is 16.2. The summed E-state index contributed by atoms with van der Waals surface area (Å²) in [6, 6.07) is 3.37. The number of rotatable bonds is 5. The van der Waals surface area contributed by atoms with E-state index in [2.05, 4.69) is 27.3 Å². The summed E-state index contributed by atoms with van der Waals surface area (Å²) in [4.78, 5) is 20.8. The van der Waals surface area contributed by atoms with E-state index in [9.17, 15) is 4.79 Å². The van der Waals surface area contributed by atoms with Crippen molar-refractivity contribution in [3.63, 3.8) is 0 Å². The second-order valence-corrected chi connectivity index (χ2v) is 5.36. The average molecular weight is 313 g/mol. The van der Waals surface area contributed by atoms with Gasteiger partial charge in [-0.2, -0.15) is 10.1 Å². The van der Waals surface area contributed by atoms with Crippen LogP contribution >= 0.6 is 0 Å². The highest BCUT2D eigenvalue weighted by molar-refractivity contribution is 5.92. The normalized spacial score (nSPS) is 16.7. The predicted octanol–water partition coefficient (Wildman–Crippen LogP) is 2.31. The maximum atomic E-state index is 12.6. The van der Waals surface area contributed by atoms with Gasteiger partial charge in [0.25, 0.3) is 0 Å². The summed E-state index contributed by atoms with van der Waals surface area (Å²) in [5.74, 6) is 0.279. The molecule has 120 valence electrons. The highest BCUT2D eigenvalue weighted by atomic mass is 16.5. The van der Waals surface area contributed by atoms with Gasteiger partial charge < -0.3 is 10.1 Å². The van der Waals surface area contributed by atoms with Crippen molar-refractivity contribution in [1.82, 2.24) is 19.7 Å². The van der Waals surface area contributed by atoms with E-state index in [1.54, 1.807) is 17.1 Å². The van der Waals surface area contributed by atoms with Gasteiger partial charge in [0, 0.05) is 18.1 Å². The molecule has 0 aliphatic carbocycles. The van der Waals surface area contributed by atoms with Crippen LogP contribution in [0.1, 0.15) is 38.3 Å². The molecule has 1 N–H and O–H groups in total. The number of fused-ring (bicyclic) bond motifs is 1. The number of ether oxygens (including phenoxy) is 1. The number of allylic oxidation sites excluding steroid dienone is 1. The number of unbranched alkanes of at least 4 members (excludes halogenated alkanes) is 1. The number of anilines is 1. The van der Waals surface area contributed by atoms with Crippen LogP contribution in [0.4, 0.5) is 5.95 Å². The fourth-order valence-electron chi connectivity index (χ4n) is 2.60. The Morgan fingerprint density at radius 2 is 2.17 bits per heavy atom. The van der Waals surface area contributed by atoms with Crippen LogP contribution in [0.5, 0.6) is 0 Å². The molecule has 1 atom stereocenters. The molecule has 0 spiro atoms. The number of aromatic nitrogens is 4. The summed E-state index contributed by atoms with van der Waals surface area (Å²) in [5, 5.41) is 7.37. The van der Waals surface area contributed by atoms with E-state index in [-0.39, 0.29) is 12.0 Å². The molecule has 2 aromatic rings. The molecule has 0 fully saturated rings. The highest BCUT2D eigenvalue weighted by Gasteiger charge is 2.34. The van der Waals surface area contributed by atoms with Crippen molar-refractivity contribution in [2.24, 2.45) is 0 Å². The third kappa shape index (κ3) is 2.94. The van der Waals surface area contributed by atoms with Gasteiger partial charge in [-0.1, -0.05) is 13.3 Å². The molecule has 3 rings (SSSR count). The van der Waals surface area contributed by atoms with Crippen molar-refractivity contribution in [3.05, 3.63) is 47.7 Å². The Hall–Kier alpha value is -2.70. The Bertz CT molecular complexity index is 723. The SMILES string of the molecule is CCCCOC(=O)C1=C(C)Nc2ncnn2C1c1ccncc1. The van der Waals surface area contributed by atoms with Crippen LogP contribution in [0, 0.1) is 0 Å². The number of nitrogens with zero attached hydrogens (tertiary/aromatic N) is 4. The van der Waals surface area contributed by atoms with E-state index in [0.717, 1.165) is 24.1 Å². The fraction of sp³-hybridized carbons (Fsp3) is 0.375. The minimum atomic E-state index is -0.370. The van der Waals surface area contributed by atoms with E-state index in [4.69, 9.17) is 4.74 Å². The minimum Gasteiger partial charge on any atom is -0.462 e. The van der Waals surface area contributed by atoms with Crippen LogP contribution in [0.3, 0.4) is 0 Å². The van der Waals surface area contributed by atoms with Crippen LogP contribution in [0.15, 0.2) is 42.1 Å². The highest BCUT2D eigenvalue weighted by Crippen LogP contribution is 2.34. The molecule has 0 aromatic carbocycles. The molecule has 0 radical (unpaired) electrons. The molecule has 7 heteroatoms. The van der Waals surface area contributed by atoms with Crippen LogP contribution in [0.2, 0.25) is 0 Å². The largest absolute Gasteiger partial charge is 0.462 e. The molecule has 1 unspecified atom stereocenters. The maximum absolute atomic E-state index is 12.6. The number of hydrogen-bond acceptors (Lipinski definition) is 6. The number of hydrogen-bond donors (Lipinski definition) is 1. The van der Waals surface area contributed by atoms with Gasteiger partial charge in [-0.3, -0.25) is 4.98 Å². The van der Waals surface area contributed by atoms with Gasteiger partial charge in [0.15, 0.2) is 0 Å². The first kappa shape index (κ1) is 15.2. The van der Waals surface area contributed by atoms with Gasteiger partial charge in [0.05, 0.1) is 12.2 Å². The van der Waals surface area contributed by atoms with Gasteiger partial charge in [-0.05, 0) is 31.0 Å². The quantitative estimate of drug-likeness (QED) is 0.674. The monoisotopic (exact) mass is 313 g/mol. The van der Waals surface area contributed by atoms with E-state index in [1.807, 2.05) is 19.1 Å². The Morgan fingerprint density at radius 3 is 2.91 bits per heavy atom. The molecular formula is C16H19N5O2. The maximum Gasteiger partial charge on any atom is 0.338 e. The van der Waals surface area contributed by atoms with E-state index in [0.29, 0.717) is 18.1 Å². The number of carbonyl (C=O) groups is 1. The van der Waals surface area contributed by atoms with Crippen molar-refractivity contribution in [2.75, 3.05) is 11.9 Å². The van der Waals surface area contributed by atoms with E-state index >= 15 is 0 Å². The summed E-state index contributed by atoms with van der Waals surface area (Å²) in [6.07, 6.45) is 6.69. The van der Waals surface area contributed by atoms with Gasteiger partial charge >= 0.3 is 5.97 Å². The van der Waals surface area contributed by atoms with Crippen molar-refractivity contribution >= 4 is 11.9 Å². The molecule has 23 heavy (non-hydrogen) atoms. The molecule has 1 aliphatic rings. The standard InChI is InChI=1S/C16H19N5O2/c1-3-4-9-23-15(22)13-11(2)20-16-18-10-19-21(16)14(13)12-5-7-17-8-6-12/h5-8,10,14H,3-4,9H2,1-2H3,(H,18,19,20). The zero-order valence-electron chi connectivity index (χ0n) is 13.2. The minimum absolute atomic E-state index is 0.327. The molecule has 7 nitrogen and oxygen atoms in total. The summed E-state index contributed by atoms with van der Waals surface area (Å²) in [6.45, 7) is 4.32. The Balaban J connectivity index is 1.99. The molecule has 0 amide bonds. The smallest absolute Gasteiger partial charge is 0.338 e. The lowest BCUT2D eigenvalue weighted by Gasteiger charge is -2.28. The Kier molecular flexibility index (Phi) is 4.36. The number of pyridine rings is 1. The van der Waals surface area contributed by atoms with Crippen LogP contribution in [0.25, 0.3) is 0 Å². The first-order valence-electron chi connectivity index (χ1n) is 7.66. The summed E-state index contributed by atoms with van der Waals surface area (Å²) < 4.78 is 7.11. The van der Waals surface area contributed by atoms with Crippen molar-refractivity contribution in [1.29, 1.82) is 0 Å². The molecule has 0 bridgehead atoms. The third-order valence-electron chi connectivity index (χ3n) is 3.77. The van der Waals surface area contributed by atoms with E-state index in [1.165, 1.54) is 6.33 Å². The second-order valence-electron chi connectivity index (χ2n) is 5.36. The first-order chi connectivity index (χ1) is 11.2. The molecular weight excluding hydrogens is 294 g/mol. The second kappa shape index (κ2) is 6.60. The van der Waals surface area contributed by atoms with Crippen molar-refractivity contribution in [3.8, 4) is 0 Å². The Labute approximate surface area is 134 Å². The molecule has 1 aliphatic heterocycles. The van der Waals surface area contributed by atoms with Gasteiger partial charge in [0.1, 0.15) is 12.4 Å². The zero-order valence-corrected chi connectivity index (χ0v) is 13.2. The lowest BCUT2D eigenvalue weighted by Crippen LogP contribution is -2.29. The third-order valence-corrected chi connectivity index (χ3v) is 3.77. The van der Waals surface area contributed by atoms with Crippen molar-refractivity contribution < 1.29 is 9.53 Å². The van der Waals surface area contributed by atoms with Gasteiger partial charge in [-0.15, -0.1) is 0 Å². The average Bonchev–Trinajstić information content (AvgIpc) is 3.02. The van der Waals surface area contributed by atoms with Crippen molar-refractivity contribution in [2.45, 2.75) is 32.7 Å². The lowest BCUT2D eigenvalue weighted by molar-refractivity contribution is -0.139. The molecule has 3 heterocycles. The summed E-state index contributed by atoms with van der Waals surface area (Å²) in [5.41, 5.74) is 2.19. The number of esters is 1. The van der Waals surface area contributed by atoms with Gasteiger partial charge in [-0.25, -0.2) is 9.48 Å². The van der Waals surface area contributed by atoms with Crippen LogP contribution in [-0.2, 0) is 9.53 Å². The predicted molar refractivity (Wildman–Crippen MR) is 84.6 cm³/mol. The summed E-state index contributed by atoms with van der Waals surface area (Å²) >= 11 is 0. The topological polar surface area (TPSA) is 81.9 Å². The fourth-order valence-corrected chi connectivity index (χ4v) is 2.60. The van der Waals surface area contributed by atoms with E-state index < -0.39 is 0 Å². The van der Waals surface area contributed by atoms with Crippen LogP contribution < -0.4 is 5.32 Å². The van der Waals surface area contributed by atoms with Crippen LogP contribution in [-0.4, -0.2) is 32.3 Å². The molecule has 0 saturated heterocycles. The first-order valence-corrected chi connectivity index (χ1v) is 7.66. The van der Waals surface area contributed by atoms with Gasteiger partial charge in [0.2, 0.25) is 5.95 Å². The number of carbonyl (C=O) groups excluding carboxylic acids is 1. The number of nitrogens with one attached hydrogen (secondary N) is 1. The lowest BCUT2D eigenvalue weighted by atomic mass is 9.97. The molecule has 2 aromatic heterocycles. The molecule has 0 saturated carbocycles. The summed E-state index contributed by atoms with van der Waals surface area (Å²) in [7, 11) is 0. The Morgan fingerprint density at radius 1 is 1.39 bits per heavy atom.